The van der Waals surface area contributed by atoms with E-state index in [1.165, 1.54) is 12.1 Å². The lowest BCUT2D eigenvalue weighted by atomic mass is 10.1. The third-order valence-corrected chi connectivity index (χ3v) is 7.93. The summed E-state index contributed by atoms with van der Waals surface area (Å²) in [7, 11) is -6.99. The van der Waals surface area contributed by atoms with E-state index in [0.29, 0.717) is 16.9 Å². The Morgan fingerprint density at radius 3 is 2.23 bits per heavy atom. The van der Waals surface area contributed by atoms with E-state index in [1.807, 2.05) is 0 Å². The Bertz CT molecular complexity index is 1090. The zero-order valence-corrected chi connectivity index (χ0v) is 16.1. The minimum atomic E-state index is -3.60. The van der Waals surface area contributed by atoms with Gasteiger partial charge < -0.3 is 0 Å². The van der Waals surface area contributed by atoms with Crippen molar-refractivity contribution in [3.05, 3.63) is 53.9 Å². The van der Waals surface area contributed by atoms with Crippen LogP contribution in [0.2, 0.25) is 0 Å². The normalized spacial score (nSPS) is 12.0. The van der Waals surface area contributed by atoms with Gasteiger partial charge in [0.25, 0.3) is 10.0 Å². The number of nitrogens with zero attached hydrogens (tertiary/aromatic N) is 2. The van der Waals surface area contributed by atoms with Gasteiger partial charge in [0.2, 0.25) is 0 Å². The van der Waals surface area contributed by atoms with E-state index in [0.717, 1.165) is 11.3 Å². The molecule has 3 rings (SSSR count). The predicted octanol–water partition coefficient (Wildman–Crippen LogP) is 2.80. The lowest BCUT2D eigenvalue weighted by Crippen LogP contribution is -2.11. The molecule has 0 radical (unpaired) electrons. The van der Waals surface area contributed by atoms with E-state index in [2.05, 4.69) is 14.9 Å². The minimum Gasteiger partial charge on any atom is -0.279 e. The van der Waals surface area contributed by atoms with Gasteiger partial charge in [0.15, 0.2) is 14.9 Å². The van der Waals surface area contributed by atoms with Crippen molar-refractivity contribution in [2.75, 3.05) is 10.5 Å². The quantitative estimate of drug-likeness (QED) is 0.671. The van der Waals surface area contributed by atoms with Crippen LogP contribution < -0.4 is 4.72 Å². The molecule has 1 N–H and O–H groups in total. The summed E-state index contributed by atoms with van der Waals surface area (Å²) in [6, 6.07) is 12.8. The highest BCUT2D eigenvalue weighted by atomic mass is 32.2. The van der Waals surface area contributed by atoms with E-state index in [1.54, 1.807) is 48.7 Å². The third-order valence-electron chi connectivity index (χ3n) is 3.53. The fourth-order valence-corrected chi connectivity index (χ4v) is 4.91. The van der Waals surface area contributed by atoms with Crippen LogP contribution in [0.5, 0.6) is 0 Å². The van der Waals surface area contributed by atoms with E-state index in [4.69, 9.17) is 0 Å². The summed E-state index contributed by atoms with van der Waals surface area (Å²) in [5, 5.41) is 9.33. The summed E-state index contributed by atoms with van der Waals surface area (Å²) in [5.74, 6) is -0.0416. The molecular formula is C16H15N3O4S3. The van der Waals surface area contributed by atoms with E-state index < -0.39 is 19.9 Å². The van der Waals surface area contributed by atoms with Crippen LogP contribution >= 0.6 is 11.3 Å². The second-order valence-electron chi connectivity index (χ2n) is 5.28. The minimum absolute atomic E-state index is 0.0416. The zero-order chi connectivity index (χ0) is 18.8. The average Bonchev–Trinajstić information content (AvgIpc) is 3.18. The van der Waals surface area contributed by atoms with Gasteiger partial charge >= 0.3 is 0 Å². The standard InChI is InChI=1S/C16H15N3O4S3/c1-2-25(20,21)15-10-9-14(17-18-15)12-5-7-13(8-6-12)19-26(22,23)16-4-3-11-24-16/h3-11,19H,2H2,1H3. The van der Waals surface area contributed by atoms with Crippen LogP contribution in [0.4, 0.5) is 5.69 Å². The molecule has 0 aliphatic rings. The first kappa shape index (κ1) is 18.5. The number of anilines is 1. The number of hydrogen-bond donors (Lipinski definition) is 1. The van der Waals surface area contributed by atoms with Gasteiger partial charge in [-0.05, 0) is 35.7 Å². The second-order valence-corrected chi connectivity index (χ2v) is 10.4. The monoisotopic (exact) mass is 409 g/mol. The van der Waals surface area contributed by atoms with Crippen LogP contribution in [0.25, 0.3) is 11.3 Å². The van der Waals surface area contributed by atoms with Gasteiger partial charge in [-0.3, -0.25) is 4.72 Å². The Morgan fingerprint density at radius 2 is 1.69 bits per heavy atom. The van der Waals surface area contributed by atoms with Crippen LogP contribution in [-0.2, 0) is 19.9 Å². The van der Waals surface area contributed by atoms with E-state index in [9.17, 15) is 16.8 Å². The van der Waals surface area contributed by atoms with Crippen molar-refractivity contribution in [2.45, 2.75) is 16.2 Å². The molecule has 136 valence electrons. The van der Waals surface area contributed by atoms with Gasteiger partial charge in [0.05, 0.1) is 11.4 Å². The maximum atomic E-state index is 12.2. The number of aromatic nitrogens is 2. The molecule has 2 aromatic heterocycles. The molecule has 0 aliphatic carbocycles. The molecule has 0 unspecified atom stereocenters. The number of nitrogens with one attached hydrogen (secondary N) is 1. The Morgan fingerprint density at radius 1 is 0.962 bits per heavy atom. The number of rotatable bonds is 6. The molecule has 0 bridgehead atoms. The van der Waals surface area contributed by atoms with Gasteiger partial charge in [0, 0.05) is 11.3 Å². The zero-order valence-electron chi connectivity index (χ0n) is 13.7. The molecule has 0 saturated carbocycles. The topological polar surface area (TPSA) is 106 Å². The van der Waals surface area contributed by atoms with Crippen molar-refractivity contribution < 1.29 is 16.8 Å². The van der Waals surface area contributed by atoms with Crippen LogP contribution in [0, 0.1) is 0 Å². The van der Waals surface area contributed by atoms with Crippen LogP contribution in [-0.4, -0.2) is 32.8 Å². The highest BCUT2D eigenvalue weighted by molar-refractivity contribution is 7.94. The van der Waals surface area contributed by atoms with Crippen LogP contribution in [0.1, 0.15) is 6.92 Å². The lowest BCUT2D eigenvalue weighted by Gasteiger charge is -2.07. The highest BCUT2D eigenvalue weighted by Crippen LogP contribution is 2.23. The molecule has 0 saturated heterocycles. The molecule has 0 spiro atoms. The summed E-state index contributed by atoms with van der Waals surface area (Å²) in [6.45, 7) is 1.54. The van der Waals surface area contributed by atoms with Crippen molar-refractivity contribution in [1.29, 1.82) is 0 Å². The van der Waals surface area contributed by atoms with Gasteiger partial charge in [0.1, 0.15) is 4.21 Å². The van der Waals surface area contributed by atoms with E-state index >= 15 is 0 Å². The number of thiophene rings is 1. The van der Waals surface area contributed by atoms with Gasteiger partial charge in [-0.2, -0.15) is 0 Å². The number of sulfonamides is 1. The fraction of sp³-hybridized carbons (Fsp3) is 0.125. The number of sulfone groups is 1. The smallest absolute Gasteiger partial charge is 0.271 e. The molecular weight excluding hydrogens is 394 g/mol. The molecule has 0 aliphatic heterocycles. The highest BCUT2D eigenvalue weighted by Gasteiger charge is 2.16. The molecule has 0 fully saturated rings. The summed E-state index contributed by atoms with van der Waals surface area (Å²) in [5.41, 5.74) is 1.60. The average molecular weight is 410 g/mol. The summed E-state index contributed by atoms with van der Waals surface area (Å²) < 4.78 is 50.6. The second kappa shape index (κ2) is 7.14. The molecule has 2 heterocycles. The first-order chi connectivity index (χ1) is 12.3. The van der Waals surface area contributed by atoms with E-state index in [-0.39, 0.29) is 15.0 Å². The number of hydrogen-bond acceptors (Lipinski definition) is 7. The molecule has 0 atom stereocenters. The molecule has 3 aromatic rings. The van der Waals surface area contributed by atoms with Gasteiger partial charge in [-0.15, -0.1) is 21.5 Å². The van der Waals surface area contributed by atoms with Crippen molar-refractivity contribution in [3.8, 4) is 11.3 Å². The number of benzene rings is 1. The van der Waals surface area contributed by atoms with Crippen molar-refractivity contribution in [3.63, 3.8) is 0 Å². The van der Waals surface area contributed by atoms with Crippen LogP contribution in [0.15, 0.2) is 63.1 Å². The SMILES string of the molecule is CCS(=O)(=O)c1ccc(-c2ccc(NS(=O)(=O)c3cccs3)cc2)nn1. The molecule has 1 aromatic carbocycles. The summed E-state index contributed by atoms with van der Waals surface area (Å²) in [4.78, 5) is 0. The van der Waals surface area contributed by atoms with Gasteiger partial charge in [-0.1, -0.05) is 25.1 Å². The van der Waals surface area contributed by atoms with Crippen LogP contribution in [0.3, 0.4) is 0 Å². The lowest BCUT2D eigenvalue weighted by molar-refractivity contribution is 0.591. The largest absolute Gasteiger partial charge is 0.279 e. The Kier molecular flexibility index (Phi) is 5.08. The Hall–Kier alpha value is -2.30. The Labute approximate surface area is 155 Å². The molecule has 0 amide bonds. The molecule has 10 heteroatoms. The summed E-state index contributed by atoms with van der Waals surface area (Å²) in [6.07, 6.45) is 0. The maximum absolute atomic E-state index is 12.2. The summed E-state index contributed by atoms with van der Waals surface area (Å²) >= 11 is 1.14. The maximum Gasteiger partial charge on any atom is 0.271 e. The van der Waals surface area contributed by atoms with Gasteiger partial charge in [-0.25, -0.2) is 16.8 Å². The molecule has 26 heavy (non-hydrogen) atoms. The van der Waals surface area contributed by atoms with Crippen molar-refractivity contribution >= 4 is 36.9 Å². The molecule has 7 nitrogen and oxygen atoms in total. The first-order valence-electron chi connectivity index (χ1n) is 7.55. The fourth-order valence-electron chi connectivity index (χ4n) is 2.12. The predicted molar refractivity (Wildman–Crippen MR) is 100 cm³/mol. The Balaban J connectivity index is 1.80. The van der Waals surface area contributed by atoms with Crippen molar-refractivity contribution in [1.82, 2.24) is 10.2 Å². The first-order valence-corrected chi connectivity index (χ1v) is 11.6. The van der Waals surface area contributed by atoms with Crippen molar-refractivity contribution in [2.24, 2.45) is 0 Å². The third kappa shape index (κ3) is 3.92.